The number of fused-ring (bicyclic) bond motifs is 5. The van der Waals surface area contributed by atoms with Crippen LogP contribution >= 0.6 is 11.6 Å². The Balaban J connectivity index is 1.92. The summed E-state index contributed by atoms with van der Waals surface area (Å²) in [6.07, 6.45) is -0.911. The van der Waals surface area contributed by atoms with Crippen molar-refractivity contribution in [2.24, 2.45) is 19.5 Å². The van der Waals surface area contributed by atoms with E-state index in [1.54, 1.807) is 30.3 Å². The van der Waals surface area contributed by atoms with E-state index in [0.717, 1.165) is 4.57 Å². The molecule has 0 bridgehead atoms. The average Bonchev–Trinajstić information content (AvgIpc) is 2.84. The van der Waals surface area contributed by atoms with Gasteiger partial charge >= 0.3 is 11.7 Å². The maximum absolute atomic E-state index is 13.6. The summed E-state index contributed by atoms with van der Waals surface area (Å²) >= 11 is 6.10. The van der Waals surface area contributed by atoms with Gasteiger partial charge in [-0.15, -0.1) is 0 Å². The molecule has 3 unspecified atom stereocenters. The van der Waals surface area contributed by atoms with Crippen molar-refractivity contribution < 1.29 is 19.0 Å². The number of carbonyl (C=O) groups is 1. The van der Waals surface area contributed by atoms with Crippen molar-refractivity contribution in [3.63, 3.8) is 0 Å². The lowest BCUT2D eigenvalue weighted by Crippen LogP contribution is -2.57. The van der Waals surface area contributed by atoms with Crippen molar-refractivity contribution in [1.29, 1.82) is 0 Å². The molecule has 3 aromatic rings. The minimum atomic E-state index is -1.42. The largest absolute Gasteiger partial charge is 0.492 e. The van der Waals surface area contributed by atoms with Crippen LogP contribution in [0, 0.1) is 5.41 Å². The van der Waals surface area contributed by atoms with Crippen LogP contribution in [-0.2, 0) is 23.6 Å². The predicted molar refractivity (Wildman–Crippen MR) is 120 cm³/mol. The summed E-state index contributed by atoms with van der Waals surface area (Å²) in [5.74, 6) is -0.682. The van der Waals surface area contributed by atoms with Crippen LogP contribution in [0.1, 0.15) is 28.7 Å². The number of methoxy groups -OCH3 is 1. The Morgan fingerprint density at radius 1 is 1.09 bits per heavy atom. The molecule has 170 valence electrons. The normalized spacial score (nSPS) is 22.8. The van der Waals surface area contributed by atoms with Gasteiger partial charge in [-0.2, -0.15) is 0 Å². The van der Waals surface area contributed by atoms with Crippen molar-refractivity contribution in [3.8, 4) is 11.6 Å². The third-order valence-corrected chi connectivity index (χ3v) is 6.83. The maximum atomic E-state index is 13.6. The van der Waals surface area contributed by atoms with E-state index in [-0.39, 0.29) is 18.1 Å². The average molecular weight is 469 g/mol. The van der Waals surface area contributed by atoms with Crippen LogP contribution in [0.4, 0.5) is 0 Å². The summed E-state index contributed by atoms with van der Waals surface area (Å²) in [5.41, 5.74) is -0.985. The van der Waals surface area contributed by atoms with Gasteiger partial charge in [-0.1, -0.05) is 41.9 Å². The number of nitrogens with zero attached hydrogens (tertiary/aromatic N) is 2. The van der Waals surface area contributed by atoms with E-state index < -0.39 is 34.7 Å². The van der Waals surface area contributed by atoms with Gasteiger partial charge in [-0.05, 0) is 23.8 Å². The summed E-state index contributed by atoms with van der Waals surface area (Å²) in [6.45, 7) is -0.0833. The molecule has 5 rings (SSSR count). The van der Waals surface area contributed by atoms with E-state index >= 15 is 0 Å². The third kappa shape index (κ3) is 2.87. The SMILES string of the molecule is COC(=O)C12COc3ccccc3C1c1c(n(C)c(=O)n(C)c1=O)OC2c1ccc(Cl)cc1. The van der Waals surface area contributed by atoms with Gasteiger partial charge in [0, 0.05) is 30.6 Å². The van der Waals surface area contributed by atoms with Crippen LogP contribution in [0.5, 0.6) is 11.6 Å². The standard InChI is InChI=1S/C24H21ClN2O6/c1-26-20(28)17-18-15-6-4-5-7-16(15)32-12-24(18,22(29)31-3)19(13-8-10-14(25)11-9-13)33-21(17)27(2)23(26)30/h4-11,18-19H,12H2,1-3H3. The molecule has 1 aromatic heterocycles. The van der Waals surface area contributed by atoms with Crippen LogP contribution in [0.15, 0.2) is 58.1 Å². The number of hydrogen-bond acceptors (Lipinski definition) is 6. The molecular formula is C24H21ClN2O6. The van der Waals surface area contributed by atoms with Crippen molar-refractivity contribution in [2.45, 2.75) is 12.0 Å². The minimum Gasteiger partial charge on any atom is -0.492 e. The van der Waals surface area contributed by atoms with Crippen LogP contribution in [-0.4, -0.2) is 28.8 Å². The molecule has 0 spiro atoms. The summed E-state index contributed by atoms with van der Waals surface area (Å²) < 4.78 is 20.0. The summed E-state index contributed by atoms with van der Waals surface area (Å²) in [7, 11) is 4.24. The van der Waals surface area contributed by atoms with E-state index in [2.05, 4.69) is 0 Å². The molecule has 8 nitrogen and oxygen atoms in total. The van der Waals surface area contributed by atoms with Crippen LogP contribution in [0.2, 0.25) is 5.02 Å². The van der Waals surface area contributed by atoms with Crippen LogP contribution < -0.4 is 20.7 Å². The fourth-order valence-corrected chi connectivity index (χ4v) is 5.11. The van der Waals surface area contributed by atoms with Gasteiger partial charge in [-0.3, -0.25) is 18.7 Å². The zero-order chi connectivity index (χ0) is 23.5. The Kier molecular flexibility index (Phi) is 4.86. The molecule has 9 heteroatoms. The number of carbonyl (C=O) groups excluding carboxylic acids is 1. The number of aromatic nitrogens is 2. The summed E-state index contributed by atoms with van der Waals surface area (Å²) in [6, 6.07) is 14.1. The molecule has 0 aliphatic carbocycles. The molecular weight excluding hydrogens is 448 g/mol. The number of para-hydroxylation sites is 1. The van der Waals surface area contributed by atoms with E-state index in [9.17, 15) is 14.4 Å². The molecule has 0 saturated heterocycles. The molecule has 0 amide bonds. The molecule has 0 radical (unpaired) electrons. The maximum Gasteiger partial charge on any atom is 0.333 e. The Hall–Kier alpha value is -3.52. The lowest BCUT2D eigenvalue weighted by molar-refractivity contribution is -0.168. The second-order valence-corrected chi connectivity index (χ2v) is 8.70. The third-order valence-electron chi connectivity index (χ3n) is 6.58. The molecule has 0 N–H and O–H groups in total. The van der Waals surface area contributed by atoms with Gasteiger partial charge in [0.1, 0.15) is 18.5 Å². The van der Waals surface area contributed by atoms with Gasteiger partial charge < -0.3 is 14.2 Å². The fourth-order valence-electron chi connectivity index (χ4n) is 4.98. The molecule has 0 saturated carbocycles. The number of hydrogen-bond donors (Lipinski definition) is 0. The van der Waals surface area contributed by atoms with Gasteiger partial charge in [0.15, 0.2) is 5.41 Å². The van der Waals surface area contributed by atoms with Gasteiger partial charge in [0.05, 0.1) is 12.7 Å². The number of halogens is 1. The number of rotatable bonds is 2. The van der Waals surface area contributed by atoms with Crippen LogP contribution in [0.25, 0.3) is 0 Å². The molecule has 3 heterocycles. The van der Waals surface area contributed by atoms with Crippen molar-refractivity contribution in [1.82, 2.24) is 9.13 Å². The topological polar surface area (TPSA) is 88.8 Å². The highest BCUT2D eigenvalue weighted by molar-refractivity contribution is 6.30. The lowest BCUT2D eigenvalue weighted by atomic mass is 9.62. The van der Waals surface area contributed by atoms with E-state index in [4.69, 9.17) is 25.8 Å². The molecule has 2 aliphatic rings. The number of benzene rings is 2. The van der Waals surface area contributed by atoms with Crippen molar-refractivity contribution in [3.05, 3.63) is 91.1 Å². The first-order chi connectivity index (χ1) is 15.8. The first-order valence-electron chi connectivity index (χ1n) is 10.3. The second kappa shape index (κ2) is 7.52. The van der Waals surface area contributed by atoms with Gasteiger partial charge in [-0.25, -0.2) is 4.79 Å². The zero-order valence-electron chi connectivity index (χ0n) is 18.2. The first-order valence-corrected chi connectivity index (χ1v) is 10.7. The molecule has 33 heavy (non-hydrogen) atoms. The fraction of sp³-hybridized carbons (Fsp3) is 0.292. The van der Waals surface area contributed by atoms with Gasteiger partial charge in [0.2, 0.25) is 5.88 Å². The number of ether oxygens (including phenoxy) is 3. The molecule has 0 fully saturated rings. The lowest BCUT2D eigenvalue weighted by Gasteiger charge is -2.49. The summed E-state index contributed by atoms with van der Waals surface area (Å²) in [4.78, 5) is 39.7. The second-order valence-electron chi connectivity index (χ2n) is 8.27. The van der Waals surface area contributed by atoms with Gasteiger partial charge in [0.25, 0.3) is 5.56 Å². The van der Waals surface area contributed by atoms with E-state index in [0.29, 0.717) is 21.9 Å². The molecule has 3 atom stereocenters. The van der Waals surface area contributed by atoms with E-state index in [1.165, 1.54) is 25.8 Å². The minimum absolute atomic E-state index is 0.0833. The van der Waals surface area contributed by atoms with Crippen molar-refractivity contribution >= 4 is 17.6 Å². The highest BCUT2D eigenvalue weighted by Gasteiger charge is 2.63. The first kappa shape index (κ1) is 21.3. The Morgan fingerprint density at radius 3 is 2.48 bits per heavy atom. The predicted octanol–water partition coefficient (Wildman–Crippen LogP) is 2.55. The van der Waals surface area contributed by atoms with Crippen LogP contribution in [0.3, 0.4) is 0 Å². The Labute approximate surface area is 193 Å². The smallest absolute Gasteiger partial charge is 0.333 e. The molecule has 2 aromatic carbocycles. The highest BCUT2D eigenvalue weighted by atomic mass is 35.5. The Morgan fingerprint density at radius 2 is 1.79 bits per heavy atom. The van der Waals surface area contributed by atoms with E-state index in [1.807, 2.05) is 18.2 Å². The molecule has 2 aliphatic heterocycles. The zero-order valence-corrected chi connectivity index (χ0v) is 19.0. The highest BCUT2D eigenvalue weighted by Crippen LogP contribution is 2.59. The van der Waals surface area contributed by atoms with Crippen molar-refractivity contribution in [2.75, 3.05) is 13.7 Å². The summed E-state index contributed by atoms with van der Waals surface area (Å²) in [5, 5.41) is 0.519. The monoisotopic (exact) mass is 468 g/mol. The number of esters is 1. The Bertz CT molecular complexity index is 1390. The quantitative estimate of drug-likeness (QED) is 0.537.